The second-order valence-corrected chi connectivity index (χ2v) is 7.72. The van der Waals surface area contributed by atoms with Crippen molar-refractivity contribution in [2.75, 3.05) is 19.6 Å². The highest BCUT2D eigenvalue weighted by molar-refractivity contribution is 7.90. The molecule has 0 amide bonds. The summed E-state index contributed by atoms with van der Waals surface area (Å²) in [5, 5.41) is 2.72. The molecule has 1 rings (SSSR count). The molecular formula is C13H28N2O2S. The Labute approximate surface area is 112 Å². The lowest BCUT2D eigenvalue weighted by molar-refractivity contribution is 0.257. The molecule has 3 unspecified atom stereocenters. The van der Waals surface area contributed by atoms with Crippen LogP contribution in [0.2, 0.25) is 0 Å². The van der Waals surface area contributed by atoms with Crippen LogP contribution in [0.15, 0.2) is 0 Å². The highest BCUT2D eigenvalue weighted by Gasteiger charge is 2.25. The van der Waals surface area contributed by atoms with Gasteiger partial charge in [0.25, 0.3) is 0 Å². The summed E-state index contributed by atoms with van der Waals surface area (Å²) >= 11 is 0. The zero-order chi connectivity index (χ0) is 13.6. The highest BCUT2D eigenvalue weighted by atomic mass is 32.2. The van der Waals surface area contributed by atoms with Gasteiger partial charge in [-0.1, -0.05) is 33.1 Å². The summed E-state index contributed by atoms with van der Waals surface area (Å²) in [6, 6.07) is 0. The van der Waals surface area contributed by atoms with Crippen molar-refractivity contribution < 1.29 is 8.42 Å². The zero-order valence-electron chi connectivity index (χ0n) is 11.9. The predicted octanol–water partition coefficient (Wildman–Crippen LogP) is 1.73. The SMILES string of the molecule is CCNCC(C)S(=O)(=O)NCC1CCCCC1C. The normalized spacial score (nSPS) is 27.1. The van der Waals surface area contributed by atoms with Crippen LogP contribution in [0.3, 0.4) is 0 Å². The van der Waals surface area contributed by atoms with Crippen molar-refractivity contribution in [1.29, 1.82) is 0 Å². The molecule has 1 aliphatic carbocycles. The van der Waals surface area contributed by atoms with E-state index in [1.807, 2.05) is 6.92 Å². The van der Waals surface area contributed by atoms with E-state index in [4.69, 9.17) is 0 Å². The van der Waals surface area contributed by atoms with Gasteiger partial charge in [0, 0.05) is 13.1 Å². The van der Waals surface area contributed by atoms with Gasteiger partial charge in [0.05, 0.1) is 5.25 Å². The third-order valence-electron chi connectivity index (χ3n) is 4.05. The molecule has 0 radical (unpaired) electrons. The van der Waals surface area contributed by atoms with Gasteiger partial charge in [-0.25, -0.2) is 13.1 Å². The van der Waals surface area contributed by atoms with Gasteiger partial charge in [0.15, 0.2) is 0 Å². The molecule has 5 heteroatoms. The van der Waals surface area contributed by atoms with E-state index in [9.17, 15) is 8.42 Å². The van der Waals surface area contributed by atoms with Gasteiger partial charge in [-0.15, -0.1) is 0 Å². The number of rotatable bonds is 7. The molecule has 2 N–H and O–H groups in total. The van der Waals surface area contributed by atoms with Crippen molar-refractivity contribution in [3.05, 3.63) is 0 Å². The Morgan fingerprint density at radius 2 is 1.94 bits per heavy atom. The monoisotopic (exact) mass is 276 g/mol. The van der Waals surface area contributed by atoms with Crippen molar-refractivity contribution in [3.63, 3.8) is 0 Å². The van der Waals surface area contributed by atoms with Crippen LogP contribution < -0.4 is 10.0 Å². The van der Waals surface area contributed by atoms with Crippen molar-refractivity contribution in [3.8, 4) is 0 Å². The van der Waals surface area contributed by atoms with Crippen LogP contribution in [0.25, 0.3) is 0 Å². The van der Waals surface area contributed by atoms with Crippen LogP contribution in [-0.4, -0.2) is 33.3 Å². The molecule has 108 valence electrons. The lowest BCUT2D eigenvalue weighted by Gasteiger charge is -2.29. The maximum Gasteiger partial charge on any atom is 0.215 e. The van der Waals surface area contributed by atoms with Gasteiger partial charge in [-0.05, 0) is 31.7 Å². The van der Waals surface area contributed by atoms with Crippen LogP contribution in [-0.2, 0) is 10.0 Å². The van der Waals surface area contributed by atoms with E-state index in [0.717, 1.165) is 13.0 Å². The summed E-state index contributed by atoms with van der Waals surface area (Å²) in [6.07, 6.45) is 4.93. The molecule has 0 spiro atoms. The minimum absolute atomic E-state index is 0.364. The van der Waals surface area contributed by atoms with Crippen LogP contribution in [0.5, 0.6) is 0 Å². The van der Waals surface area contributed by atoms with E-state index < -0.39 is 10.0 Å². The maximum atomic E-state index is 12.0. The van der Waals surface area contributed by atoms with Crippen molar-refractivity contribution in [2.24, 2.45) is 11.8 Å². The quantitative estimate of drug-likeness (QED) is 0.744. The second kappa shape index (κ2) is 7.46. The molecule has 0 aliphatic heterocycles. The Hall–Kier alpha value is -0.130. The first-order valence-corrected chi connectivity index (χ1v) is 8.71. The van der Waals surface area contributed by atoms with Crippen molar-refractivity contribution in [1.82, 2.24) is 10.0 Å². The summed E-state index contributed by atoms with van der Waals surface area (Å²) in [7, 11) is -3.17. The molecule has 0 saturated heterocycles. The first-order valence-electron chi connectivity index (χ1n) is 7.16. The Morgan fingerprint density at radius 3 is 2.56 bits per heavy atom. The Balaban J connectivity index is 2.40. The molecule has 0 bridgehead atoms. The predicted molar refractivity (Wildman–Crippen MR) is 76.1 cm³/mol. The number of hydrogen-bond donors (Lipinski definition) is 2. The number of nitrogens with one attached hydrogen (secondary N) is 2. The smallest absolute Gasteiger partial charge is 0.215 e. The summed E-state index contributed by atoms with van der Waals surface area (Å²) in [5.41, 5.74) is 0. The minimum Gasteiger partial charge on any atom is -0.316 e. The summed E-state index contributed by atoms with van der Waals surface area (Å²) in [4.78, 5) is 0. The molecule has 0 aromatic heterocycles. The third-order valence-corrected chi connectivity index (χ3v) is 5.84. The fraction of sp³-hybridized carbons (Fsp3) is 1.00. The van der Waals surface area contributed by atoms with E-state index in [0.29, 0.717) is 24.9 Å². The van der Waals surface area contributed by atoms with E-state index in [2.05, 4.69) is 17.0 Å². The zero-order valence-corrected chi connectivity index (χ0v) is 12.7. The Bertz CT molecular complexity index is 330. The lowest BCUT2D eigenvalue weighted by atomic mass is 9.81. The van der Waals surface area contributed by atoms with E-state index in [1.54, 1.807) is 6.92 Å². The van der Waals surface area contributed by atoms with E-state index in [1.165, 1.54) is 19.3 Å². The van der Waals surface area contributed by atoms with Crippen molar-refractivity contribution >= 4 is 10.0 Å². The largest absolute Gasteiger partial charge is 0.316 e. The molecule has 1 saturated carbocycles. The van der Waals surface area contributed by atoms with Crippen LogP contribution in [0, 0.1) is 11.8 Å². The molecule has 0 heterocycles. The van der Waals surface area contributed by atoms with Gasteiger partial charge in [0.2, 0.25) is 10.0 Å². The number of hydrogen-bond acceptors (Lipinski definition) is 3. The fourth-order valence-electron chi connectivity index (χ4n) is 2.52. The Kier molecular flexibility index (Phi) is 6.60. The molecule has 1 fully saturated rings. The van der Waals surface area contributed by atoms with Gasteiger partial charge < -0.3 is 5.32 Å². The molecular weight excluding hydrogens is 248 g/mol. The standard InChI is InChI=1S/C13H28N2O2S/c1-4-14-9-12(3)18(16,17)15-10-13-8-6-5-7-11(13)2/h11-15H,4-10H2,1-3H3. The molecule has 0 aromatic carbocycles. The fourth-order valence-corrected chi connectivity index (χ4v) is 3.59. The van der Waals surface area contributed by atoms with Gasteiger partial charge in [0.1, 0.15) is 0 Å². The van der Waals surface area contributed by atoms with Crippen LogP contribution in [0.1, 0.15) is 46.5 Å². The second-order valence-electron chi connectivity index (χ2n) is 5.53. The van der Waals surface area contributed by atoms with Gasteiger partial charge in [-0.3, -0.25) is 0 Å². The first kappa shape index (κ1) is 15.9. The summed E-state index contributed by atoms with van der Waals surface area (Å²) in [6.45, 7) is 7.91. The van der Waals surface area contributed by atoms with Crippen molar-refractivity contribution in [2.45, 2.75) is 51.7 Å². The maximum absolute atomic E-state index is 12.0. The first-order chi connectivity index (χ1) is 8.47. The lowest BCUT2D eigenvalue weighted by Crippen LogP contribution is -2.41. The van der Waals surface area contributed by atoms with Gasteiger partial charge in [-0.2, -0.15) is 0 Å². The average Bonchev–Trinajstić information content (AvgIpc) is 2.35. The van der Waals surface area contributed by atoms with Crippen LogP contribution >= 0.6 is 0 Å². The molecule has 0 aromatic rings. The topological polar surface area (TPSA) is 58.2 Å². The average molecular weight is 276 g/mol. The molecule has 1 aliphatic rings. The highest BCUT2D eigenvalue weighted by Crippen LogP contribution is 2.29. The Morgan fingerprint density at radius 1 is 1.28 bits per heavy atom. The van der Waals surface area contributed by atoms with E-state index in [-0.39, 0.29) is 5.25 Å². The van der Waals surface area contributed by atoms with Gasteiger partial charge >= 0.3 is 0 Å². The third kappa shape index (κ3) is 4.86. The minimum atomic E-state index is -3.17. The number of sulfonamides is 1. The molecule has 4 nitrogen and oxygen atoms in total. The summed E-state index contributed by atoms with van der Waals surface area (Å²) in [5.74, 6) is 1.16. The summed E-state index contributed by atoms with van der Waals surface area (Å²) < 4.78 is 26.9. The van der Waals surface area contributed by atoms with Crippen LogP contribution in [0.4, 0.5) is 0 Å². The van der Waals surface area contributed by atoms with E-state index >= 15 is 0 Å². The molecule has 18 heavy (non-hydrogen) atoms. The molecule has 3 atom stereocenters.